The summed E-state index contributed by atoms with van der Waals surface area (Å²) in [5.41, 5.74) is 2.96. The number of pyridine rings is 1. The van der Waals surface area contributed by atoms with Gasteiger partial charge in [-0.3, -0.25) is 0 Å². The number of nitrogens with zero attached hydrogens (tertiary/aromatic N) is 5. The van der Waals surface area contributed by atoms with Gasteiger partial charge in [-0.15, -0.1) is 11.6 Å². The molecule has 102 valence electrons. The highest BCUT2D eigenvalue weighted by molar-refractivity contribution is 6.16. The van der Waals surface area contributed by atoms with Crippen molar-refractivity contribution in [3.63, 3.8) is 0 Å². The van der Waals surface area contributed by atoms with Crippen molar-refractivity contribution < 1.29 is 0 Å². The average Bonchev–Trinajstić information content (AvgIpc) is 2.77. The highest BCUT2D eigenvalue weighted by Crippen LogP contribution is 2.18. The lowest BCUT2D eigenvalue weighted by Gasteiger charge is -2.35. The van der Waals surface area contributed by atoms with Crippen LogP contribution in [0.1, 0.15) is 11.4 Å². The van der Waals surface area contributed by atoms with Crippen LogP contribution in [0, 0.1) is 6.92 Å². The van der Waals surface area contributed by atoms with Gasteiger partial charge in [0.2, 0.25) is 0 Å². The van der Waals surface area contributed by atoms with Gasteiger partial charge in [0.15, 0.2) is 5.65 Å². The zero-order chi connectivity index (χ0) is 13.4. The largest absolute Gasteiger partial charge is 0.307 e. The molecule has 0 unspecified atom stereocenters. The van der Waals surface area contributed by atoms with Crippen LogP contribution in [0.25, 0.3) is 11.2 Å². The summed E-state index contributed by atoms with van der Waals surface area (Å²) in [6, 6.07) is 2.06. The van der Waals surface area contributed by atoms with Gasteiger partial charge < -0.3 is 9.91 Å². The van der Waals surface area contributed by atoms with E-state index in [1.807, 2.05) is 13.1 Å². The molecule has 2 aromatic rings. The van der Waals surface area contributed by atoms with E-state index < -0.39 is 0 Å². The number of aromatic nitrogens is 3. The molecule has 3 rings (SSSR count). The fourth-order valence-corrected chi connectivity index (χ4v) is 2.65. The first-order chi connectivity index (χ1) is 9.19. The Kier molecular flexibility index (Phi) is 3.33. The van der Waals surface area contributed by atoms with E-state index in [1.165, 1.54) is 0 Å². The van der Waals surface area contributed by atoms with Crippen molar-refractivity contribution in [3.05, 3.63) is 23.7 Å². The molecular formula is C13H18ClN5. The normalized spacial score (nSPS) is 17.3. The van der Waals surface area contributed by atoms with Gasteiger partial charge in [-0.1, -0.05) is 0 Å². The molecule has 2 aromatic heterocycles. The Hall–Kier alpha value is -1.33. The van der Waals surface area contributed by atoms with Crippen LogP contribution in [-0.2, 0) is 5.88 Å². The van der Waals surface area contributed by atoms with E-state index in [2.05, 4.69) is 37.7 Å². The summed E-state index contributed by atoms with van der Waals surface area (Å²) in [5.74, 6) is 1.28. The fraction of sp³-hybridized carbons (Fsp3) is 0.538. The molecule has 0 aromatic carbocycles. The molecule has 0 spiro atoms. The van der Waals surface area contributed by atoms with Gasteiger partial charge in [-0.05, 0) is 25.6 Å². The summed E-state index contributed by atoms with van der Waals surface area (Å²) in [5, 5.41) is 2.29. The predicted molar refractivity (Wildman–Crippen MR) is 77.3 cm³/mol. The fourth-order valence-electron chi connectivity index (χ4n) is 2.48. The summed E-state index contributed by atoms with van der Waals surface area (Å²) in [6.45, 7) is 6.07. The van der Waals surface area contributed by atoms with Gasteiger partial charge in [-0.2, -0.15) is 0 Å². The number of hydrogen-bond acceptors (Lipinski definition) is 4. The molecule has 0 amide bonds. The molecule has 6 heteroatoms. The Balaban J connectivity index is 2.05. The van der Waals surface area contributed by atoms with E-state index in [0.29, 0.717) is 5.88 Å². The molecule has 0 radical (unpaired) electrons. The Labute approximate surface area is 117 Å². The maximum atomic E-state index is 6.04. The third-order valence-electron chi connectivity index (χ3n) is 3.56. The maximum absolute atomic E-state index is 6.04. The third kappa shape index (κ3) is 2.28. The minimum Gasteiger partial charge on any atom is -0.307 e. The summed E-state index contributed by atoms with van der Waals surface area (Å²) in [6.07, 6.45) is 1.88. The van der Waals surface area contributed by atoms with Crippen LogP contribution >= 0.6 is 11.6 Å². The van der Waals surface area contributed by atoms with Gasteiger partial charge in [0.25, 0.3) is 0 Å². The van der Waals surface area contributed by atoms with E-state index in [0.717, 1.165) is 48.7 Å². The smallest absolute Gasteiger partial charge is 0.179 e. The number of fused-ring (bicyclic) bond motifs is 1. The van der Waals surface area contributed by atoms with E-state index in [9.17, 15) is 0 Å². The van der Waals surface area contributed by atoms with Crippen molar-refractivity contribution in [2.75, 3.05) is 38.2 Å². The first-order valence-electron chi connectivity index (χ1n) is 6.53. The second-order valence-corrected chi connectivity index (χ2v) is 5.35. The standard InChI is InChI=1S/C13H18ClN5/c1-10-7-11-13(15-9-10)19(12(8-14)16-11)18-5-3-17(2)4-6-18/h7,9H,3-6,8H2,1-2H3. The molecule has 0 bridgehead atoms. The van der Waals surface area contributed by atoms with Crippen LogP contribution in [-0.4, -0.2) is 52.8 Å². The molecule has 1 aliphatic heterocycles. The summed E-state index contributed by atoms with van der Waals surface area (Å²) in [4.78, 5) is 11.5. The Morgan fingerprint density at radius 3 is 2.68 bits per heavy atom. The quantitative estimate of drug-likeness (QED) is 0.778. The second-order valence-electron chi connectivity index (χ2n) is 5.09. The van der Waals surface area contributed by atoms with E-state index in [-0.39, 0.29) is 0 Å². The number of hydrogen-bond donors (Lipinski definition) is 0. The molecule has 1 saturated heterocycles. The lowest BCUT2D eigenvalue weighted by Crippen LogP contribution is -2.50. The maximum Gasteiger partial charge on any atom is 0.179 e. The van der Waals surface area contributed by atoms with Crippen LogP contribution in [0.5, 0.6) is 0 Å². The summed E-state index contributed by atoms with van der Waals surface area (Å²) < 4.78 is 2.09. The predicted octanol–water partition coefficient (Wildman–Crippen LogP) is 1.36. The number of rotatable bonds is 2. The van der Waals surface area contributed by atoms with Crippen molar-refractivity contribution in [1.29, 1.82) is 0 Å². The number of imidazole rings is 1. The van der Waals surface area contributed by atoms with Gasteiger partial charge >= 0.3 is 0 Å². The monoisotopic (exact) mass is 279 g/mol. The number of halogens is 1. The number of alkyl halides is 1. The van der Waals surface area contributed by atoms with Gasteiger partial charge in [0.05, 0.1) is 5.88 Å². The molecule has 19 heavy (non-hydrogen) atoms. The van der Waals surface area contributed by atoms with Crippen molar-refractivity contribution in [2.24, 2.45) is 0 Å². The van der Waals surface area contributed by atoms with E-state index >= 15 is 0 Å². The highest BCUT2D eigenvalue weighted by Gasteiger charge is 2.20. The average molecular weight is 280 g/mol. The molecule has 1 aliphatic rings. The molecule has 0 aliphatic carbocycles. The topological polar surface area (TPSA) is 37.2 Å². The van der Waals surface area contributed by atoms with Crippen LogP contribution in [0.2, 0.25) is 0 Å². The third-order valence-corrected chi connectivity index (χ3v) is 3.80. The molecule has 0 N–H and O–H groups in total. The first-order valence-corrected chi connectivity index (χ1v) is 7.06. The van der Waals surface area contributed by atoms with Crippen molar-refractivity contribution in [2.45, 2.75) is 12.8 Å². The van der Waals surface area contributed by atoms with Gasteiger partial charge in [-0.25, -0.2) is 14.6 Å². The zero-order valence-corrected chi connectivity index (χ0v) is 12.1. The zero-order valence-electron chi connectivity index (χ0n) is 11.3. The summed E-state index contributed by atoms with van der Waals surface area (Å²) >= 11 is 6.04. The van der Waals surface area contributed by atoms with Gasteiger partial charge in [0, 0.05) is 32.4 Å². The Bertz CT molecular complexity index is 586. The van der Waals surface area contributed by atoms with Crippen molar-refractivity contribution in [1.82, 2.24) is 19.5 Å². The minimum atomic E-state index is 0.405. The Morgan fingerprint density at radius 1 is 1.26 bits per heavy atom. The molecule has 0 atom stereocenters. The molecular weight excluding hydrogens is 262 g/mol. The Morgan fingerprint density at radius 2 is 2.00 bits per heavy atom. The highest BCUT2D eigenvalue weighted by atomic mass is 35.5. The molecule has 0 saturated carbocycles. The van der Waals surface area contributed by atoms with E-state index in [1.54, 1.807) is 0 Å². The minimum absolute atomic E-state index is 0.405. The molecule has 1 fully saturated rings. The van der Waals surface area contributed by atoms with Crippen molar-refractivity contribution >= 4 is 22.8 Å². The van der Waals surface area contributed by atoms with Crippen LogP contribution in [0.15, 0.2) is 12.3 Å². The van der Waals surface area contributed by atoms with Crippen LogP contribution < -0.4 is 5.01 Å². The number of aryl methyl sites for hydroxylation is 1. The van der Waals surface area contributed by atoms with Crippen LogP contribution in [0.4, 0.5) is 0 Å². The lowest BCUT2D eigenvalue weighted by molar-refractivity contribution is 0.287. The van der Waals surface area contributed by atoms with Gasteiger partial charge in [0.1, 0.15) is 11.3 Å². The van der Waals surface area contributed by atoms with Crippen LogP contribution in [0.3, 0.4) is 0 Å². The second kappa shape index (κ2) is 4.98. The number of piperazine rings is 1. The molecule has 3 heterocycles. The van der Waals surface area contributed by atoms with Crippen molar-refractivity contribution in [3.8, 4) is 0 Å². The summed E-state index contributed by atoms with van der Waals surface area (Å²) in [7, 11) is 2.15. The molecule has 5 nitrogen and oxygen atoms in total. The lowest BCUT2D eigenvalue weighted by atomic mass is 10.3. The van der Waals surface area contributed by atoms with E-state index in [4.69, 9.17) is 11.6 Å². The SMILES string of the molecule is Cc1cnc2c(c1)nc(CCl)n2N1CCN(C)CC1. The first kappa shape index (κ1) is 12.7. The number of likely N-dealkylation sites (N-methyl/N-ethyl adjacent to an activating group) is 1.